The highest BCUT2D eigenvalue weighted by molar-refractivity contribution is 7.90. The van der Waals surface area contributed by atoms with Crippen LogP contribution in [0.3, 0.4) is 0 Å². The first-order valence-electron chi connectivity index (χ1n) is 9.08. The molecule has 6 nitrogen and oxygen atoms in total. The first-order valence-corrected chi connectivity index (χ1v) is 11.0. The van der Waals surface area contributed by atoms with E-state index in [0.29, 0.717) is 0 Å². The predicted octanol–water partition coefficient (Wildman–Crippen LogP) is 3.29. The molecule has 0 heterocycles. The molecule has 0 fully saturated rings. The van der Waals surface area contributed by atoms with Crippen LogP contribution in [0.5, 0.6) is 0 Å². The zero-order chi connectivity index (χ0) is 20.7. The van der Waals surface area contributed by atoms with Crippen molar-refractivity contribution >= 4 is 21.7 Å². The highest BCUT2D eigenvalue weighted by atomic mass is 32.2. The first-order chi connectivity index (χ1) is 13.2. The van der Waals surface area contributed by atoms with E-state index in [9.17, 15) is 18.0 Å². The van der Waals surface area contributed by atoms with Gasteiger partial charge >= 0.3 is 5.97 Å². The molecule has 150 valence electrons. The molecule has 1 amide bonds. The largest absolute Gasteiger partial charge is 0.449 e. The zero-order valence-corrected chi connectivity index (χ0v) is 17.0. The Balaban J connectivity index is 2.01. The SMILES string of the molecule is CCC[C@@H](NC(=O)[C@@H](C)OC(=O)c1ccc(S(C)(=O)=O)cc1)c1ccccc1. The van der Waals surface area contributed by atoms with Gasteiger partial charge in [0, 0.05) is 6.26 Å². The number of ether oxygens (including phenoxy) is 1. The number of nitrogens with one attached hydrogen (secondary N) is 1. The van der Waals surface area contributed by atoms with Crippen molar-refractivity contribution in [1.29, 1.82) is 0 Å². The van der Waals surface area contributed by atoms with Gasteiger partial charge in [-0.15, -0.1) is 0 Å². The quantitative estimate of drug-likeness (QED) is 0.683. The Hall–Kier alpha value is -2.67. The van der Waals surface area contributed by atoms with Crippen LogP contribution in [-0.2, 0) is 19.4 Å². The molecule has 2 rings (SSSR count). The summed E-state index contributed by atoms with van der Waals surface area (Å²) in [6.45, 7) is 3.54. The number of hydrogen-bond acceptors (Lipinski definition) is 5. The van der Waals surface area contributed by atoms with Crippen LogP contribution in [0.1, 0.15) is 48.7 Å². The molecular formula is C21H25NO5S. The Bertz CT molecular complexity index is 908. The number of hydrogen-bond donors (Lipinski definition) is 1. The molecule has 0 aromatic heterocycles. The maximum Gasteiger partial charge on any atom is 0.338 e. The Morgan fingerprint density at radius 3 is 2.18 bits per heavy atom. The van der Waals surface area contributed by atoms with Crippen LogP contribution in [0, 0.1) is 0 Å². The summed E-state index contributed by atoms with van der Waals surface area (Å²) >= 11 is 0. The predicted molar refractivity (Wildman–Crippen MR) is 107 cm³/mol. The Morgan fingerprint density at radius 2 is 1.64 bits per heavy atom. The van der Waals surface area contributed by atoms with Crippen LogP contribution < -0.4 is 5.32 Å². The summed E-state index contributed by atoms with van der Waals surface area (Å²) in [6, 6.07) is 14.9. The van der Waals surface area contributed by atoms with E-state index in [1.165, 1.54) is 31.2 Å². The van der Waals surface area contributed by atoms with Gasteiger partial charge in [0.25, 0.3) is 5.91 Å². The van der Waals surface area contributed by atoms with E-state index in [4.69, 9.17) is 4.74 Å². The van der Waals surface area contributed by atoms with Crippen molar-refractivity contribution in [1.82, 2.24) is 5.32 Å². The van der Waals surface area contributed by atoms with Gasteiger partial charge in [-0.05, 0) is 43.2 Å². The average molecular weight is 404 g/mol. The van der Waals surface area contributed by atoms with Gasteiger partial charge in [0.15, 0.2) is 15.9 Å². The van der Waals surface area contributed by atoms with Gasteiger partial charge in [-0.2, -0.15) is 0 Å². The molecule has 0 aliphatic carbocycles. The normalized spacial score (nSPS) is 13.4. The summed E-state index contributed by atoms with van der Waals surface area (Å²) < 4.78 is 28.2. The summed E-state index contributed by atoms with van der Waals surface area (Å²) in [5, 5.41) is 2.92. The fourth-order valence-electron chi connectivity index (χ4n) is 2.71. The standard InChI is InChI=1S/C21H25NO5S/c1-4-8-19(16-9-6-5-7-10-16)22-20(23)15(2)27-21(24)17-11-13-18(14-12-17)28(3,25)26/h5-7,9-15,19H,4,8H2,1-3H3,(H,22,23)/t15-,19-/m1/s1. The first kappa shape index (κ1) is 21.6. The van der Waals surface area contributed by atoms with Gasteiger partial charge in [0.2, 0.25) is 0 Å². The zero-order valence-electron chi connectivity index (χ0n) is 16.2. The van der Waals surface area contributed by atoms with E-state index in [2.05, 4.69) is 5.32 Å². The van der Waals surface area contributed by atoms with E-state index in [1.54, 1.807) is 0 Å². The van der Waals surface area contributed by atoms with Crippen molar-refractivity contribution in [2.24, 2.45) is 0 Å². The summed E-state index contributed by atoms with van der Waals surface area (Å²) in [5.74, 6) is -1.07. The van der Waals surface area contributed by atoms with Gasteiger partial charge in [0.1, 0.15) is 0 Å². The number of esters is 1. The van der Waals surface area contributed by atoms with E-state index in [-0.39, 0.29) is 22.4 Å². The van der Waals surface area contributed by atoms with Crippen LogP contribution in [0.25, 0.3) is 0 Å². The van der Waals surface area contributed by atoms with E-state index >= 15 is 0 Å². The summed E-state index contributed by atoms with van der Waals surface area (Å²) in [5.41, 5.74) is 1.17. The molecule has 0 saturated heterocycles. The number of carbonyl (C=O) groups is 2. The van der Waals surface area contributed by atoms with E-state index < -0.39 is 21.9 Å². The lowest BCUT2D eigenvalue weighted by atomic mass is 10.0. The van der Waals surface area contributed by atoms with E-state index in [0.717, 1.165) is 24.7 Å². The highest BCUT2D eigenvalue weighted by Gasteiger charge is 2.22. The summed E-state index contributed by atoms with van der Waals surface area (Å²) in [7, 11) is -3.34. The number of rotatable bonds is 8. The number of sulfone groups is 1. The van der Waals surface area contributed by atoms with Crippen LogP contribution in [0.2, 0.25) is 0 Å². The molecule has 2 aromatic carbocycles. The van der Waals surface area contributed by atoms with Crippen LogP contribution in [0.4, 0.5) is 0 Å². The van der Waals surface area contributed by atoms with Crippen molar-refractivity contribution in [3.63, 3.8) is 0 Å². The maximum absolute atomic E-state index is 12.5. The molecule has 1 N–H and O–H groups in total. The lowest BCUT2D eigenvalue weighted by molar-refractivity contribution is -0.129. The van der Waals surface area contributed by atoms with Crippen LogP contribution >= 0.6 is 0 Å². The second-order valence-electron chi connectivity index (χ2n) is 6.60. The topological polar surface area (TPSA) is 89.5 Å². The Labute approximate surface area is 165 Å². The number of amides is 1. The molecule has 7 heteroatoms. The minimum atomic E-state index is -3.34. The van der Waals surface area contributed by atoms with Gasteiger partial charge in [0.05, 0.1) is 16.5 Å². The molecule has 0 bridgehead atoms. The molecule has 0 aliphatic heterocycles. The van der Waals surface area contributed by atoms with Crippen molar-refractivity contribution in [3.8, 4) is 0 Å². The van der Waals surface area contributed by atoms with Gasteiger partial charge < -0.3 is 10.1 Å². The van der Waals surface area contributed by atoms with E-state index in [1.807, 2.05) is 37.3 Å². The summed E-state index contributed by atoms with van der Waals surface area (Å²) in [6.07, 6.45) is 1.76. The Morgan fingerprint density at radius 1 is 1.04 bits per heavy atom. The molecule has 28 heavy (non-hydrogen) atoms. The van der Waals surface area contributed by atoms with Crippen LogP contribution in [-0.4, -0.2) is 32.7 Å². The van der Waals surface area contributed by atoms with Gasteiger partial charge in [-0.3, -0.25) is 4.79 Å². The number of carbonyl (C=O) groups excluding carboxylic acids is 2. The van der Waals surface area contributed by atoms with Gasteiger partial charge in [-0.1, -0.05) is 43.7 Å². The molecule has 0 radical (unpaired) electrons. The lowest BCUT2D eigenvalue weighted by Gasteiger charge is -2.21. The van der Waals surface area contributed by atoms with Crippen molar-refractivity contribution in [2.75, 3.05) is 6.26 Å². The monoisotopic (exact) mass is 403 g/mol. The molecule has 2 atom stereocenters. The van der Waals surface area contributed by atoms with Gasteiger partial charge in [-0.25, -0.2) is 13.2 Å². The summed E-state index contributed by atoms with van der Waals surface area (Å²) in [4.78, 5) is 24.8. The molecule has 0 unspecified atom stereocenters. The minimum Gasteiger partial charge on any atom is -0.449 e. The minimum absolute atomic E-state index is 0.111. The Kier molecular flexibility index (Phi) is 7.34. The third-order valence-corrected chi connectivity index (χ3v) is 5.40. The van der Waals surface area contributed by atoms with Crippen LogP contribution in [0.15, 0.2) is 59.5 Å². The second kappa shape index (κ2) is 9.50. The third kappa shape index (κ3) is 5.92. The highest BCUT2D eigenvalue weighted by Crippen LogP contribution is 2.19. The van der Waals surface area contributed by atoms with Crippen molar-refractivity contribution in [2.45, 2.75) is 43.7 Å². The van der Waals surface area contributed by atoms with Crippen molar-refractivity contribution < 1.29 is 22.7 Å². The molecule has 0 saturated carbocycles. The molecular weight excluding hydrogens is 378 g/mol. The molecule has 0 aliphatic rings. The second-order valence-corrected chi connectivity index (χ2v) is 8.62. The lowest BCUT2D eigenvalue weighted by Crippen LogP contribution is -2.38. The smallest absolute Gasteiger partial charge is 0.338 e. The number of benzene rings is 2. The third-order valence-electron chi connectivity index (χ3n) is 4.27. The molecule has 0 spiro atoms. The fraction of sp³-hybridized carbons (Fsp3) is 0.333. The maximum atomic E-state index is 12.5. The molecule has 2 aromatic rings. The van der Waals surface area contributed by atoms with Crippen molar-refractivity contribution in [3.05, 3.63) is 65.7 Å². The average Bonchev–Trinajstić information content (AvgIpc) is 2.67. The fourth-order valence-corrected chi connectivity index (χ4v) is 3.34.